The van der Waals surface area contributed by atoms with Crippen LogP contribution in [0.25, 0.3) is 0 Å². The van der Waals surface area contributed by atoms with Crippen molar-refractivity contribution in [1.29, 1.82) is 0 Å². The zero-order valence-electron chi connectivity index (χ0n) is 13.4. The Morgan fingerprint density at radius 2 is 2.00 bits per heavy atom. The van der Waals surface area contributed by atoms with Gasteiger partial charge < -0.3 is 5.32 Å². The Morgan fingerprint density at radius 3 is 2.71 bits per heavy atom. The van der Waals surface area contributed by atoms with E-state index in [-0.39, 0.29) is 0 Å². The summed E-state index contributed by atoms with van der Waals surface area (Å²) in [7, 11) is 0. The minimum atomic E-state index is 0.464. The molecule has 3 atom stereocenters. The molecule has 0 aliphatic heterocycles. The van der Waals surface area contributed by atoms with Crippen molar-refractivity contribution in [2.24, 2.45) is 11.8 Å². The van der Waals surface area contributed by atoms with Gasteiger partial charge in [-0.05, 0) is 49.7 Å². The van der Waals surface area contributed by atoms with E-state index < -0.39 is 0 Å². The van der Waals surface area contributed by atoms with Gasteiger partial charge in [0.05, 0.1) is 0 Å². The summed E-state index contributed by atoms with van der Waals surface area (Å²) >= 11 is 0. The van der Waals surface area contributed by atoms with Crippen molar-refractivity contribution in [2.75, 3.05) is 18.4 Å². The van der Waals surface area contributed by atoms with Gasteiger partial charge >= 0.3 is 0 Å². The van der Waals surface area contributed by atoms with Crippen LogP contribution >= 0.6 is 0 Å². The summed E-state index contributed by atoms with van der Waals surface area (Å²) < 4.78 is 13.8. The maximum atomic E-state index is 13.8. The van der Waals surface area contributed by atoms with Gasteiger partial charge in [-0.15, -0.1) is 9.60 Å². The normalized spacial score (nSPS) is 26.0. The molecule has 21 heavy (non-hydrogen) atoms. The molecule has 0 bridgehead atoms. The molecule has 0 aromatic heterocycles. The van der Waals surface area contributed by atoms with Crippen LogP contribution in [0.4, 0.5) is 10.2 Å². The van der Waals surface area contributed by atoms with E-state index in [9.17, 15) is 4.48 Å². The van der Waals surface area contributed by atoms with Crippen LogP contribution < -0.4 is 5.32 Å². The fourth-order valence-electron chi connectivity index (χ4n) is 3.23. The molecule has 0 spiro atoms. The summed E-state index contributed by atoms with van der Waals surface area (Å²) in [6, 6.07) is 10.8. The minimum Gasteiger partial charge on any atom is -0.382 e. The predicted molar refractivity (Wildman–Crippen MR) is 87.9 cm³/mol. The second kappa shape index (κ2) is 8.38. The highest BCUT2D eigenvalue weighted by atomic mass is 19.2. The third-order valence-corrected chi connectivity index (χ3v) is 4.64. The summed E-state index contributed by atoms with van der Waals surface area (Å²) in [6.07, 6.45) is 5.42. The van der Waals surface area contributed by atoms with Gasteiger partial charge in [-0.1, -0.05) is 38.5 Å². The van der Waals surface area contributed by atoms with Crippen LogP contribution in [0.2, 0.25) is 0 Å². The van der Waals surface area contributed by atoms with Crippen molar-refractivity contribution in [2.45, 2.75) is 52.0 Å². The lowest BCUT2D eigenvalue weighted by atomic mass is 9.79. The zero-order chi connectivity index (χ0) is 15.1. The van der Waals surface area contributed by atoms with Crippen LogP contribution in [-0.2, 0) is 0 Å². The van der Waals surface area contributed by atoms with Crippen LogP contribution in [0.1, 0.15) is 46.0 Å². The minimum absolute atomic E-state index is 0.464. The second-order valence-electron chi connectivity index (χ2n) is 6.50. The van der Waals surface area contributed by atoms with Gasteiger partial charge in [0, 0.05) is 24.8 Å². The van der Waals surface area contributed by atoms with Crippen LogP contribution in [0, 0.1) is 11.8 Å². The molecule has 1 aromatic rings. The summed E-state index contributed by atoms with van der Waals surface area (Å²) in [4.78, 5) is 0. The molecule has 1 aliphatic rings. The van der Waals surface area contributed by atoms with Crippen molar-refractivity contribution in [3.05, 3.63) is 30.3 Å². The standard InChI is InChI=1S/C18H29FN2/c1-3-4-12-21(19)14-16-11-10-15(2)18(13-16)20-17-8-6-5-7-9-17/h5-9,15-16,18,20H,3-4,10-14H2,1-2H3. The highest BCUT2D eigenvalue weighted by Crippen LogP contribution is 2.31. The maximum absolute atomic E-state index is 13.8. The monoisotopic (exact) mass is 292 g/mol. The van der Waals surface area contributed by atoms with Gasteiger partial charge in [0.15, 0.2) is 0 Å². The van der Waals surface area contributed by atoms with E-state index in [0.29, 0.717) is 31.0 Å². The lowest BCUT2D eigenvalue weighted by Gasteiger charge is -2.36. The lowest BCUT2D eigenvalue weighted by Crippen LogP contribution is -2.37. The molecule has 3 heteroatoms. The molecular formula is C18H29FN2. The molecule has 1 fully saturated rings. The van der Waals surface area contributed by atoms with E-state index in [4.69, 9.17) is 0 Å². The van der Waals surface area contributed by atoms with Crippen molar-refractivity contribution < 1.29 is 4.48 Å². The third-order valence-electron chi connectivity index (χ3n) is 4.64. The van der Waals surface area contributed by atoms with E-state index in [1.165, 1.54) is 12.1 Å². The molecule has 1 saturated carbocycles. The predicted octanol–water partition coefficient (Wildman–Crippen LogP) is 4.89. The number of benzene rings is 1. The van der Waals surface area contributed by atoms with Crippen LogP contribution in [-0.4, -0.2) is 24.3 Å². The number of para-hydroxylation sites is 1. The molecule has 0 amide bonds. The van der Waals surface area contributed by atoms with Gasteiger partial charge in [0.25, 0.3) is 0 Å². The number of anilines is 1. The number of rotatable bonds is 7. The zero-order valence-corrected chi connectivity index (χ0v) is 13.4. The SMILES string of the molecule is CCCCN(F)CC1CCC(C)C(Nc2ccccc2)C1. The van der Waals surface area contributed by atoms with Gasteiger partial charge in [-0.2, -0.15) is 0 Å². The quantitative estimate of drug-likeness (QED) is 0.720. The summed E-state index contributed by atoms with van der Waals surface area (Å²) in [5.41, 5.74) is 1.18. The molecule has 0 saturated heterocycles. The highest BCUT2D eigenvalue weighted by molar-refractivity contribution is 5.43. The molecule has 1 aromatic carbocycles. The Kier molecular flexibility index (Phi) is 6.50. The van der Waals surface area contributed by atoms with E-state index in [1.807, 2.05) is 6.07 Å². The van der Waals surface area contributed by atoms with Crippen molar-refractivity contribution in [3.8, 4) is 0 Å². The van der Waals surface area contributed by atoms with Gasteiger partial charge in [0.2, 0.25) is 0 Å². The second-order valence-corrected chi connectivity index (χ2v) is 6.50. The lowest BCUT2D eigenvalue weighted by molar-refractivity contribution is -0.00126. The molecular weight excluding hydrogens is 263 g/mol. The average molecular weight is 292 g/mol. The number of hydrogen-bond donors (Lipinski definition) is 1. The molecule has 2 rings (SSSR count). The molecule has 1 N–H and O–H groups in total. The first-order valence-electron chi connectivity index (χ1n) is 8.41. The smallest absolute Gasteiger partial charge is 0.0342 e. The number of hydrogen-bond acceptors (Lipinski definition) is 2. The Balaban J connectivity index is 1.84. The number of unbranched alkanes of at least 4 members (excludes halogenated alkanes) is 1. The summed E-state index contributed by atoms with van der Waals surface area (Å²) in [6.45, 7) is 5.59. The van der Waals surface area contributed by atoms with E-state index in [0.717, 1.165) is 30.8 Å². The number of halogens is 1. The summed E-state index contributed by atoms with van der Waals surface area (Å²) in [5.74, 6) is 1.13. The Labute approximate surface area is 128 Å². The number of nitrogens with one attached hydrogen (secondary N) is 1. The fraction of sp³-hybridized carbons (Fsp3) is 0.667. The van der Waals surface area contributed by atoms with Crippen molar-refractivity contribution in [1.82, 2.24) is 5.12 Å². The maximum Gasteiger partial charge on any atom is 0.0342 e. The van der Waals surface area contributed by atoms with Crippen LogP contribution in [0.3, 0.4) is 0 Å². The van der Waals surface area contributed by atoms with Gasteiger partial charge in [-0.25, -0.2) is 0 Å². The fourth-order valence-corrected chi connectivity index (χ4v) is 3.23. The molecule has 0 radical (unpaired) electrons. The first-order valence-corrected chi connectivity index (χ1v) is 8.41. The Morgan fingerprint density at radius 1 is 1.24 bits per heavy atom. The molecule has 2 nitrogen and oxygen atoms in total. The molecule has 118 valence electrons. The molecule has 1 aliphatic carbocycles. The Bertz CT molecular complexity index is 395. The first kappa shape index (κ1) is 16.3. The van der Waals surface area contributed by atoms with Gasteiger partial charge in [-0.3, -0.25) is 0 Å². The molecule has 3 unspecified atom stereocenters. The first-order chi connectivity index (χ1) is 10.2. The third kappa shape index (κ3) is 5.31. The van der Waals surface area contributed by atoms with Crippen LogP contribution in [0.15, 0.2) is 30.3 Å². The van der Waals surface area contributed by atoms with Gasteiger partial charge in [0.1, 0.15) is 0 Å². The summed E-state index contributed by atoms with van der Waals surface area (Å²) in [5, 5.41) is 4.67. The molecule has 0 heterocycles. The Hall–Kier alpha value is -1.09. The van der Waals surface area contributed by atoms with Crippen LogP contribution in [0.5, 0.6) is 0 Å². The van der Waals surface area contributed by atoms with Crippen molar-refractivity contribution in [3.63, 3.8) is 0 Å². The number of nitrogens with zero attached hydrogens (tertiary/aromatic N) is 1. The van der Waals surface area contributed by atoms with E-state index in [1.54, 1.807) is 0 Å². The average Bonchev–Trinajstić information content (AvgIpc) is 2.49. The highest BCUT2D eigenvalue weighted by Gasteiger charge is 2.28. The van der Waals surface area contributed by atoms with E-state index in [2.05, 4.69) is 43.4 Å². The van der Waals surface area contributed by atoms with E-state index >= 15 is 0 Å². The largest absolute Gasteiger partial charge is 0.382 e. The van der Waals surface area contributed by atoms with Crippen molar-refractivity contribution >= 4 is 5.69 Å². The topological polar surface area (TPSA) is 15.3 Å².